The van der Waals surface area contributed by atoms with E-state index in [1.807, 2.05) is 18.5 Å². The maximum absolute atomic E-state index is 11.7. The smallest absolute Gasteiger partial charge is 0.218 e. The van der Waals surface area contributed by atoms with Gasteiger partial charge in [0.05, 0.1) is 12.6 Å². The molecule has 3 rings (SSSR count). The van der Waals surface area contributed by atoms with Crippen molar-refractivity contribution in [1.82, 2.24) is 14.3 Å². The number of hydrogen-bond acceptors (Lipinski definition) is 5. The van der Waals surface area contributed by atoms with Gasteiger partial charge in [-0.3, -0.25) is 4.79 Å². The summed E-state index contributed by atoms with van der Waals surface area (Å²) in [5.41, 5.74) is 0. The van der Waals surface area contributed by atoms with Crippen LogP contribution in [0.25, 0.3) is 0 Å². The number of carbonyl (C=O) groups is 1. The Hall–Kier alpha value is -1.05. The summed E-state index contributed by atoms with van der Waals surface area (Å²) in [6.45, 7) is 2.31. The van der Waals surface area contributed by atoms with E-state index in [0.29, 0.717) is 17.8 Å². The minimum atomic E-state index is -0.671. The van der Waals surface area contributed by atoms with Crippen LogP contribution in [0.2, 0.25) is 0 Å². The standard InChI is InChI=1S/C10H13N3O3S/c1-5-11-13(10(17)12(5)2)6-3-7(14)9-15-4-8(6)16-9/h6,8-9H,3-4H2,1-2H3. The normalized spacial score (nSPS) is 32.1. The fraction of sp³-hybridized carbons (Fsp3) is 0.700. The third-order valence-electron chi connectivity index (χ3n) is 3.35. The van der Waals surface area contributed by atoms with E-state index in [9.17, 15) is 4.79 Å². The van der Waals surface area contributed by atoms with Crippen LogP contribution in [0.4, 0.5) is 0 Å². The molecule has 0 radical (unpaired) electrons. The SMILES string of the molecule is Cc1nn(C2CC(=O)C3OCC2O3)c(=S)n1C. The van der Waals surface area contributed by atoms with Crippen molar-refractivity contribution >= 4 is 18.0 Å². The molecule has 2 bridgehead atoms. The monoisotopic (exact) mass is 255 g/mol. The highest BCUT2D eigenvalue weighted by molar-refractivity contribution is 7.71. The van der Waals surface area contributed by atoms with Crippen molar-refractivity contribution in [2.24, 2.45) is 7.05 Å². The third-order valence-corrected chi connectivity index (χ3v) is 3.81. The van der Waals surface area contributed by atoms with Crippen molar-refractivity contribution in [3.05, 3.63) is 10.6 Å². The molecule has 3 unspecified atom stereocenters. The Morgan fingerprint density at radius 2 is 2.29 bits per heavy atom. The van der Waals surface area contributed by atoms with Crippen molar-refractivity contribution in [3.63, 3.8) is 0 Å². The molecule has 2 fully saturated rings. The minimum absolute atomic E-state index is 0.0334. The fourth-order valence-electron chi connectivity index (χ4n) is 2.24. The Balaban J connectivity index is 2.01. The number of Topliss-reactive ketones (excluding diaryl/α,β-unsaturated/α-hetero) is 1. The largest absolute Gasteiger partial charge is 0.343 e. The molecular weight excluding hydrogens is 242 g/mol. The maximum atomic E-state index is 11.7. The Bertz CT molecular complexity index is 535. The molecular formula is C10H13N3O3S. The van der Waals surface area contributed by atoms with Crippen molar-refractivity contribution in [1.29, 1.82) is 0 Å². The number of aryl methyl sites for hydroxylation is 1. The van der Waals surface area contributed by atoms with Gasteiger partial charge in [0, 0.05) is 13.5 Å². The quantitative estimate of drug-likeness (QED) is 0.685. The van der Waals surface area contributed by atoms with Crippen molar-refractivity contribution in [3.8, 4) is 0 Å². The van der Waals surface area contributed by atoms with Gasteiger partial charge in [0.15, 0.2) is 10.6 Å². The molecule has 0 spiro atoms. The zero-order chi connectivity index (χ0) is 12.2. The van der Waals surface area contributed by atoms with Crippen LogP contribution in [0.5, 0.6) is 0 Å². The summed E-state index contributed by atoms with van der Waals surface area (Å²) < 4.78 is 14.9. The van der Waals surface area contributed by atoms with Gasteiger partial charge in [0.1, 0.15) is 11.9 Å². The lowest BCUT2D eigenvalue weighted by atomic mass is 10.0. The molecule has 2 aliphatic heterocycles. The Morgan fingerprint density at radius 1 is 1.53 bits per heavy atom. The molecule has 17 heavy (non-hydrogen) atoms. The third kappa shape index (κ3) is 1.57. The highest BCUT2D eigenvalue weighted by atomic mass is 32.1. The van der Waals surface area contributed by atoms with Gasteiger partial charge < -0.3 is 14.0 Å². The summed E-state index contributed by atoms with van der Waals surface area (Å²) in [6, 6.07) is -0.145. The zero-order valence-corrected chi connectivity index (χ0v) is 10.4. The Morgan fingerprint density at radius 3 is 2.94 bits per heavy atom. The maximum Gasteiger partial charge on any atom is 0.218 e. The number of carbonyl (C=O) groups excluding carboxylic acids is 1. The second-order valence-electron chi connectivity index (χ2n) is 4.41. The van der Waals surface area contributed by atoms with E-state index in [-0.39, 0.29) is 17.9 Å². The first kappa shape index (κ1) is 11.1. The van der Waals surface area contributed by atoms with Crippen LogP contribution >= 0.6 is 12.2 Å². The molecule has 3 heterocycles. The lowest BCUT2D eigenvalue weighted by molar-refractivity contribution is -0.156. The number of ketones is 1. The van der Waals surface area contributed by atoms with Crippen molar-refractivity contribution in [2.75, 3.05) is 6.61 Å². The van der Waals surface area contributed by atoms with Crippen LogP contribution in [0.15, 0.2) is 0 Å². The van der Waals surface area contributed by atoms with Gasteiger partial charge in [-0.25, -0.2) is 4.68 Å². The molecule has 0 aliphatic carbocycles. The van der Waals surface area contributed by atoms with Crippen LogP contribution in [0.3, 0.4) is 0 Å². The second-order valence-corrected chi connectivity index (χ2v) is 4.78. The van der Waals surface area contributed by atoms with Gasteiger partial charge in [-0.15, -0.1) is 0 Å². The van der Waals surface area contributed by atoms with Gasteiger partial charge in [0.2, 0.25) is 6.29 Å². The molecule has 1 aromatic rings. The Kier molecular flexibility index (Phi) is 2.42. The van der Waals surface area contributed by atoms with Crippen LogP contribution in [0.1, 0.15) is 18.3 Å². The van der Waals surface area contributed by atoms with Crippen molar-refractivity contribution < 1.29 is 14.3 Å². The number of hydrogen-bond donors (Lipinski definition) is 0. The second kappa shape index (κ2) is 3.72. The lowest BCUT2D eigenvalue weighted by Crippen LogP contribution is -2.37. The molecule has 6 nitrogen and oxygen atoms in total. The highest BCUT2D eigenvalue weighted by Gasteiger charge is 2.44. The molecule has 3 atom stereocenters. The molecule has 0 amide bonds. The summed E-state index contributed by atoms with van der Waals surface area (Å²) in [5.74, 6) is 0.789. The van der Waals surface area contributed by atoms with Gasteiger partial charge in [-0.05, 0) is 19.1 Å². The summed E-state index contributed by atoms with van der Waals surface area (Å²) in [6.07, 6.45) is -0.422. The summed E-state index contributed by atoms with van der Waals surface area (Å²) in [5, 5.41) is 4.37. The van der Waals surface area contributed by atoms with Crippen molar-refractivity contribution in [2.45, 2.75) is 31.8 Å². The molecule has 0 saturated carbocycles. The first-order chi connectivity index (χ1) is 8.08. The number of nitrogens with zero attached hydrogens (tertiary/aromatic N) is 3. The van der Waals surface area contributed by atoms with Gasteiger partial charge >= 0.3 is 0 Å². The first-order valence-electron chi connectivity index (χ1n) is 5.50. The van der Waals surface area contributed by atoms with E-state index in [1.54, 1.807) is 4.68 Å². The summed E-state index contributed by atoms with van der Waals surface area (Å²) >= 11 is 5.30. The average Bonchev–Trinajstić information content (AvgIpc) is 2.84. The lowest BCUT2D eigenvalue weighted by Gasteiger charge is -2.26. The first-order valence-corrected chi connectivity index (χ1v) is 5.90. The van der Waals surface area contributed by atoms with Crippen LogP contribution < -0.4 is 0 Å². The van der Waals surface area contributed by atoms with E-state index in [1.165, 1.54) is 0 Å². The van der Waals surface area contributed by atoms with E-state index in [4.69, 9.17) is 21.7 Å². The Labute approximate surface area is 103 Å². The zero-order valence-electron chi connectivity index (χ0n) is 9.62. The molecule has 1 aromatic heterocycles. The van der Waals surface area contributed by atoms with Crippen LogP contribution in [0, 0.1) is 11.7 Å². The molecule has 2 aliphatic rings. The number of aromatic nitrogens is 3. The van der Waals surface area contributed by atoms with E-state index < -0.39 is 6.29 Å². The van der Waals surface area contributed by atoms with E-state index in [0.717, 1.165) is 5.82 Å². The fourth-order valence-corrected chi connectivity index (χ4v) is 2.55. The molecule has 2 saturated heterocycles. The summed E-state index contributed by atoms with van der Waals surface area (Å²) in [7, 11) is 1.86. The predicted octanol–water partition coefficient (Wildman–Crippen LogP) is 0.515. The molecule has 0 aromatic carbocycles. The van der Waals surface area contributed by atoms with E-state index >= 15 is 0 Å². The minimum Gasteiger partial charge on any atom is -0.343 e. The summed E-state index contributed by atoms with van der Waals surface area (Å²) in [4.78, 5) is 11.7. The molecule has 92 valence electrons. The number of ether oxygens (including phenoxy) is 2. The highest BCUT2D eigenvalue weighted by Crippen LogP contribution is 2.32. The van der Waals surface area contributed by atoms with Gasteiger partial charge in [-0.1, -0.05) is 0 Å². The molecule has 7 heteroatoms. The van der Waals surface area contributed by atoms with E-state index in [2.05, 4.69) is 5.10 Å². The number of rotatable bonds is 1. The van der Waals surface area contributed by atoms with Gasteiger partial charge in [-0.2, -0.15) is 5.10 Å². The van der Waals surface area contributed by atoms with Crippen LogP contribution in [-0.2, 0) is 21.3 Å². The number of fused-ring (bicyclic) bond motifs is 2. The van der Waals surface area contributed by atoms with Gasteiger partial charge in [0.25, 0.3) is 0 Å². The topological polar surface area (TPSA) is 58.3 Å². The average molecular weight is 255 g/mol. The predicted molar refractivity (Wildman–Crippen MR) is 60.0 cm³/mol. The molecule has 0 N–H and O–H groups in total. The van der Waals surface area contributed by atoms with Crippen LogP contribution in [-0.4, -0.2) is 39.1 Å².